The van der Waals surface area contributed by atoms with Crippen molar-refractivity contribution in [1.82, 2.24) is 4.98 Å². The van der Waals surface area contributed by atoms with Crippen molar-refractivity contribution in [3.8, 4) is 5.75 Å². The second-order valence-electron chi connectivity index (χ2n) is 4.09. The number of H-pyrrole nitrogens is 1. The Morgan fingerprint density at radius 1 is 1.00 bits per heavy atom. The van der Waals surface area contributed by atoms with Crippen LogP contribution < -0.4 is 4.74 Å². The first-order chi connectivity index (χ1) is 8.84. The molecule has 1 aromatic heterocycles. The molecular weight excluding hydrogens is 290 g/mol. The predicted molar refractivity (Wildman–Crippen MR) is 76.8 cm³/mol. The fourth-order valence-electron chi connectivity index (χ4n) is 1.95. The Kier molecular flexibility index (Phi) is 3.07. The molecule has 90 valence electrons. The first-order valence-corrected chi connectivity index (χ1v) is 6.56. The molecule has 0 aliphatic heterocycles. The molecule has 0 radical (unpaired) electrons. The van der Waals surface area contributed by atoms with Gasteiger partial charge >= 0.3 is 0 Å². The fraction of sp³-hybridized carbons (Fsp3) is 0.0667. The van der Waals surface area contributed by atoms with E-state index in [1.807, 2.05) is 36.5 Å². The van der Waals surface area contributed by atoms with Gasteiger partial charge in [-0.2, -0.15) is 0 Å². The van der Waals surface area contributed by atoms with E-state index in [9.17, 15) is 0 Å². The zero-order valence-corrected chi connectivity index (χ0v) is 11.3. The van der Waals surface area contributed by atoms with E-state index >= 15 is 0 Å². The molecule has 0 saturated carbocycles. The molecule has 1 heterocycles. The van der Waals surface area contributed by atoms with Crippen LogP contribution in [-0.4, -0.2) is 4.98 Å². The molecule has 0 aliphatic carbocycles. The molecule has 3 rings (SSSR count). The van der Waals surface area contributed by atoms with Crippen molar-refractivity contribution < 1.29 is 4.74 Å². The van der Waals surface area contributed by atoms with Gasteiger partial charge in [-0.15, -0.1) is 0 Å². The molecule has 0 aliphatic rings. The number of rotatable bonds is 3. The number of hydrogen-bond acceptors (Lipinski definition) is 1. The van der Waals surface area contributed by atoms with Crippen LogP contribution in [0.15, 0.2) is 59.2 Å². The maximum atomic E-state index is 5.87. The number of ether oxygens (including phenoxy) is 1. The van der Waals surface area contributed by atoms with E-state index < -0.39 is 0 Å². The van der Waals surface area contributed by atoms with Crippen molar-refractivity contribution in [2.75, 3.05) is 0 Å². The molecule has 0 bridgehead atoms. The number of fused-ring (bicyclic) bond motifs is 1. The Morgan fingerprint density at radius 2 is 1.83 bits per heavy atom. The van der Waals surface area contributed by atoms with Crippen molar-refractivity contribution in [2.45, 2.75) is 6.61 Å². The van der Waals surface area contributed by atoms with Crippen LogP contribution in [-0.2, 0) is 6.61 Å². The molecule has 0 saturated heterocycles. The molecular formula is C15H12BrNO. The third kappa shape index (κ3) is 2.14. The van der Waals surface area contributed by atoms with Gasteiger partial charge in [-0.25, -0.2) is 0 Å². The second-order valence-corrected chi connectivity index (χ2v) is 4.94. The molecule has 3 aromatic rings. The zero-order valence-electron chi connectivity index (χ0n) is 9.69. The summed E-state index contributed by atoms with van der Waals surface area (Å²) in [5.41, 5.74) is 2.19. The summed E-state index contributed by atoms with van der Waals surface area (Å²) in [6.07, 6.45) is 1.93. The van der Waals surface area contributed by atoms with E-state index in [0.717, 1.165) is 21.1 Å². The normalized spacial score (nSPS) is 10.7. The summed E-state index contributed by atoms with van der Waals surface area (Å²) in [6, 6.07) is 16.2. The van der Waals surface area contributed by atoms with Crippen molar-refractivity contribution in [3.05, 3.63) is 64.8 Å². The van der Waals surface area contributed by atoms with E-state index in [4.69, 9.17) is 4.74 Å². The first-order valence-electron chi connectivity index (χ1n) is 5.77. The SMILES string of the molecule is Brc1c[nH]c2c(OCc3ccccc3)cccc12. The van der Waals surface area contributed by atoms with Gasteiger partial charge in [-0.3, -0.25) is 0 Å². The highest BCUT2D eigenvalue weighted by atomic mass is 79.9. The van der Waals surface area contributed by atoms with Gasteiger partial charge in [0, 0.05) is 16.1 Å². The van der Waals surface area contributed by atoms with Crippen LogP contribution in [0, 0.1) is 0 Å². The molecule has 0 fully saturated rings. The van der Waals surface area contributed by atoms with Crippen LogP contribution in [0.5, 0.6) is 5.75 Å². The van der Waals surface area contributed by atoms with E-state index in [0.29, 0.717) is 6.61 Å². The second kappa shape index (κ2) is 4.86. The quantitative estimate of drug-likeness (QED) is 0.756. The molecule has 0 spiro atoms. The highest BCUT2D eigenvalue weighted by molar-refractivity contribution is 9.10. The van der Waals surface area contributed by atoms with Crippen LogP contribution in [0.1, 0.15) is 5.56 Å². The van der Waals surface area contributed by atoms with E-state index in [2.05, 4.69) is 39.1 Å². The van der Waals surface area contributed by atoms with Gasteiger partial charge in [0.2, 0.25) is 0 Å². The smallest absolute Gasteiger partial charge is 0.143 e. The molecule has 1 N–H and O–H groups in total. The third-order valence-corrected chi connectivity index (χ3v) is 3.52. The minimum Gasteiger partial charge on any atom is -0.487 e. The van der Waals surface area contributed by atoms with Crippen LogP contribution in [0.4, 0.5) is 0 Å². The number of hydrogen-bond donors (Lipinski definition) is 1. The Labute approximate surface area is 114 Å². The lowest BCUT2D eigenvalue weighted by molar-refractivity contribution is 0.309. The van der Waals surface area contributed by atoms with Crippen LogP contribution >= 0.6 is 15.9 Å². The molecule has 0 amide bonds. The Balaban J connectivity index is 1.87. The number of para-hydroxylation sites is 1. The number of halogens is 1. The first kappa shape index (κ1) is 11.4. The maximum Gasteiger partial charge on any atom is 0.143 e. The summed E-state index contributed by atoms with van der Waals surface area (Å²) >= 11 is 3.51. The molecule has 2 nitrogen and oxygen atoms in total. The monoisotopic (exact) mass is 301 g/mol. The van der Waals surface area contributed by atoms with Gasteiger partial charge in [0.1, 0.15) is 12.4 Å². The van der Waals surface area contributed by atoms with Gasteiger partial charge in [-0.05, 0) is 27.6 Å². The average Bonchev–Trinajstić information content (AvgIpc) is 2.80. The van der Waals surface area contributed by atoms with E-state index in [-0.39, 0.29) is 0 Å². The van der Waals surface area contributed by atoms with Crippen LogP contribution in [0.25, 0.3) is 10.9 Å². The van der Waals surface area contributed by atoms with Gasteiger partial charge in [-0.1, -0.05) is 42.5 Å². The predicted octanol–water partition coefficient (Wildman–Crippen LogP) is 4.51. The maximum absolute atomic E-state index is 5.87. The Hall–Kier alpha value is -1.74. The number of nitrogens with one attached hydrogen (secondary N) is 1. The Morgan fingerprint density at radius 3 is 2.67 bits per heavy atom. The molecule has 2 aromatic carbocycles. The minimum absolute atomic E-state index is 0.580. The van der Waals surface area contributed by atoms with Gasteiger partial charge in [0.25, 0.3) is 0 Å². The average molecular weight is 302 g/mol. The van der Waals surface area contributed by atoms with Gasteiger partial charge in [0.05, 0.1) is 5.52 Å². The van der Waals surface area contributed by atoms with Crippen LogP contribution in [0.3, 0.4) is 0 Å². The molecule has 0 atom stereocenters. The fourth-order valence-corrected chi connectivity index (χ4v) is 2.39. The minimum atomic E-state index is 0.580. The summed E-state index contributed by atoms with van der Waals surface area (Å²) in [6.45, 7) is 0.580. The molecule has 0 unspecified atom stereocenters. The zero-order chi connectivity index (χ0) is 12.4. The van der Waals surface area contributed by atoms with Gasteiger partial charge < -0.3 is 9.72 Å². The number of aromatic nitrogens is 1. The van der Waals surface area contributed by atoms with E-state index in [1.54, 1.807) is 0 Å². The summed E-state index contributed by atoms with van der Waals surface area (Å²) < 4.78 is 6.92. The highest BCUT2D eigenvalue weighted by Gasteiger charge is 2.06. The van der Waals surface area contributed by atoms with Crippen molar-refractivity contribution in [1.29, 1.82) is 0 Å². The highest BCUT2D eigenvalue weighted by Crippen LogP contribution is 2.30. The summed E-state index contributed by atoms with van der Waals surface area (Å²) in [7, 11) is 0. The lowest BCUT2D eigenvalue weighted by Gasteiger charge is -2.07. The van der Waals surface area contributed by atoms with Crippen molar-refractivity contribution in [3.63, 3.8) is 0 Å². The lowest BCUT2D eigenvalue weighted by Crippen LogP contribution is -1.95. The molecule has 3 heteroatoms. The standard InChI is InChI=1S/C15H12BrNO/c16-13-9-17-15-12(13)7-4-8-14(15)18-10-11-5-2-1-3-6-11/h1-9,17H,10H2. The number of benzene rings is 2. The largest absolute Gasteiger partial charge is 0.487 e. The topological polar surface area (TPSA) is 25.0 Å². The molecule has 18 heavy (non-hydrogen) atoms. The third-order valence-electron chi connectivity index (χ3n) is 2.86. The van der Waals surface area contributed by atoms with Crippen molar-refractivity contribution in [2.24, 2.45) is 0 Å². The van der Waals surface area contributed by atoms with Crippen molar-refractivity contribution >= 4 is 26.8 Å². The number of aromatic amines is 1. The van der Waals surface area contributed by atoms with E-state index in [1.165, 1.54) is 5.56 Å². The summed E-state index contributed by atoms with van der Waals surface area (Å²) in [4.78, 5) is 3.22. The summed E-state index contributed by atoms with van der Waals surface area (Å²) in [5.74, 6) is 0.877. The summed E-state index contributed by atoms with van der Waals surface area (Å²) in [5, 5.41) is 1.14. The Bertz CT molecular complexity index is 661. The van der Waals surface area contributed by atoms with Gasteiger partial charge in [0.15, 0.2) is 0 Å². The van der Waals surface area contributed by atoms with Crippen LogP contribution in [0.2, 0.25) is 0 Å². The lowest BCUT2D eigenvalue weighted by atomic mass is 10.2.